The maximum atomic E-state index is 12.3. The Morgan fingerprint density at radius 3 is 2.78 bits per heavy atom. The first-order chi connectivity index (χ1) is 12.9. The molecule has 0 bridgehead atoms. The van der Waals surface area contributed by atoms with Crippen LogP contribution in [0.25, 0.3) is 10.1 Å². The fraction of sp³-hybridized carbons (Fsp3) is 0.176. The number of nitrogens with zero attached hydrogens (tertiary/aromatic N) is 1. The molecule has 3 aromatic rings. The Morgan fingerprint density at radius 1 is 1.26 bits per heavy atom. The first kappa shape index (κ1) is 19.3. The molecule has 0 radical (unpaired) electrons. The minimum Gasteiger partial charge on any atom is -0.458 e. The van der Waals surface area contributed by atoms with Crippen molar-refractivity contribution in [3.63, 3.8) is 0 Å². The number of carbonyl (C=O) groups excluding carboxylic acids is 3. The largest absolute Gasteiger partial charge is 0.458 e. The van der Waals surface area contributed by atoms with Crippen LogP contribution in [-0.4, -0.2) is 29.3 Å². The molecule has 1 aromatic carbocycles. The zero-order valence-corrected chi connectivity index (χ0v) is 16.5. The summed E-state index contributed by atoms with van der Waals surface area (Å²) in [5, 5.41) is 8.33. The molecule has 2 heterocycles. The molecule has 0 aliphatic heterocycles. The van der Waals surface area contributed by atoms with Crippen LogP contribution < -0.4 is 10.6 Å². The number of rotatable bonds is 6. The number of ether oxygens (including phenoxy) is 1. The van der Waals surface area contributed by atoms with Crippen molar-refractivity contribution in [3.05, 3.63) is 45.2 Å². The second-order valence-corrected chi connectivity index (χ2v) is 7.70. The highest BCUT2D eigenvalue weighted by molar-refractivity contribution is 7.21. The minimum atomic E-state index is -0.602. The number of thiazole rings is 1. The number of nitrogens with one attached hydrogen (secondary N) is 2. The highest BCUT2D eigenvalue weighted by Gasteiger charge is 2.18. The number of halogens is 1. The summed E-state index contributed by atoms with van der Waals surface area (Å²) in [7, 11) is 0. The number of thiophene rings is 1. The molecule has 0 spiro atoms. The highest BCUT2D eigenvalue weighted by Crippen LogP contribution is 2.34. The van der Waals surface area contributed by atoms with E-state index >= 15 is 0 Å². The van der Waals surface area contributed by atoms with Gasteiger partial charge in [0.2, 0.25) is 5.91 Å². The Kier molecular flexibility index (Phi) is 6.04. The summed E-state index contributed by atoms with van der Waals surface area (Å²) in [5.74, 6) is -1.26. The van der Waals surface area contributed by atoms with E-state index in [0.717, 1.165) is 10.1 Å². The minimum absolute atomic E-state index is 0.0472. The molecule has 7 nitrogen and oxygen atoms in total. The maximum absolute atomic E-state index is 12.3. The van der Waals surface area contributed by atoms with E-state index in [1.54, 1.807) is 5.38 Å². The van der Waals surface area contributed by atoms with Crippen LogP contribution in [0.1, 0.15) is 22.3 Å². The van der Waals surface area contributed by atoms with Gasteiger partial charge in [-0.05, 0) is 6.07 Å². The number of aromatic nitrogens is 1. The number of carbonyl (C=O) groups is 3. The topological polar surface area (TPSA) is 97.4 Å². The third kappa shape index (κ3) is 4.82. The summed E-state index contributed by atoms with van der Waals surface area (Å²) < 4.78 is 5.97. The quantitative estimate of drug-likeness (QED) is 0.592. The molecule has 0 saturated carbocycles. The van der Waals surface area contributed by atoms with Gasteiger partial charge in [0.1, 0.15) is 18.0 Å². The summed E-state index contributed by atoms with van der Waals surface area (Å²) in [5.41, 5.74) is 0.510. The van der Waals surface area contributed by atoms with Gasteiger partial charge in [-0.1, -0.05) is 29.8 Å². The van der Waals surface area contributed by atoms with Crippen molar-refractivity contribution >= 4 is 67.3 Å². The van der Waals surface area contributed by atoms with Crippen molar-refractivity contribution in [2.45, 2.75) is 13.5 Å². The zero-order chi connectivity index (χ0) is 19.4. The summed E-state index contributed by atoms with van der Waals surface area (Å²) >= 11 is 8.74. The molecule has 0 unspecified atom stereocenters. The SMILES string of the molecule is CC(=O)Nc1nc(COC(=O)CNC(=O)c2sc3ccccc3c2Cl)cs1. The Labute approximate surface area is 167 Å². The van der Waals surface area contributed by atoms with Crippen LogP contribution in [0.3, 0.4) is 0 Å². The first-order valence-electron chi connectivity index (χ1n) is 7.77. The molecule has 0 fully saturated rings. The number of hydrogen-bond donors (Lipinski definition) is 2. The van der Waals surface area contributed by atoms with E-state index in [1.165, 1.54) is 29.6 Å². The molecule has 0 saturated heterocycles. The van der Waals surface area contributed by atoms with Gasteiger partial charge in [0, 0.05) is 22.4 Å². The Balaban J connectivity index is 1.51. The van der Waals surface area contributed by atoms with Gasteiger partial charge in [0.25, 0.3) is 5.91 Å². The number of esters is 1. The van der Waals surface area contributed by atoms with Crippen LogP contribution in [0.5, 0.6) is 0 Å². The van der Waals surface area contributed by atoms with Crippen molar-refractivity contribution < 1.29 is 19.1 Å². The Bertz CT molecular complexity index is 1010. The predicted molar refractivity (Wildman–Crippen MR) is 105 cm³/mol. The lowest BCUT2D eigenvalue weighted by molar-refractivity contribution is -0.143. The standard InChI is InChI=1S/C17H14ClN3O4S2/c1-9(22)20-17-21-10(8-26-17)7-25-13(23)6-19-16(24)15-14(18)11-4-2-3-5-12(11)27-15/h2-5,8H,6-7H2,1H3,(H,19,24)(H,20,21,22). The summed E-state index contributed by atoms with van der Waals surface area (Å²) in [6.45, 7) is 1.05. The molecule has 2 aromatic heterocycles. The molecular weight excluding hydrogens is 410 g/mol. The molecule has 3 rings (SSSR count). The lowest BCUT2D eigenvalue weighted by Gasteiger charge is -2.05. The van der Waals surface area contributed by atoms with E-state index in [9.17, 15) is 14.4 Å². The van der Waals surface area contributed by atoms with Gasteiger partial charge in [0.05, 0.1) is 10.7 Å². The predicted octanol–water partition coefficient (Wildman–Crippen LogP) is 3.44. The number of fused-ring (bicyclic) bond motifs is 1. The van der Waals surface area contributed by atoms with E-state index in [4.69, 9.17) is 16.3 Å². The average Bonchev–Trinajstić information content (AvgIpc) is 3.22. The molecule has 140 valence electrons. The smallest absolute Gasteiger partial charge is 0.325 e. The lowest BCUT2D eigenvalue weighted by Crippen LogP contribution is -2.30. The van der Waals surface area contributed by atoms with Crippen LogP contribution in [0.15, 0.2) is 29.6 Å². The Morgan fingerprint density at radius 2 is 2.04 bits per heavy atom. The van der Waals surface area contributed by atoms with Crippen molar-refractivity contribution in [1.29, 1.82) is 0 Å². The highest BCUT2D eigenvalue weighted by atomic mass is 35.5. The maximum Gasteiger partial charge on any atom is 0.325 e. The molecular formula is C17H14ClN3O4S2. The molecule has 2 N–H and O–H groups in total. The van der Waals surface area contributed by atoms with Gasteiger partial charge >= 0.3 is 5.97 Å². The Hall–Kier alpha value is -2.49. The van der Waals surface area contributed by atoms with Gasteiger partial charge in [-0.2, -0.15) is 0 Å². The van der Waals surface area contributed by atoms with Crippen molar-refractivity contribution in [2.75, 3.05) is 11.9 Å². The average molecular weight is 424 g/mol. The van der Waals surface area contributed by atoms with E-state index in [0.29, 0.717) is 20.7 Å². The van der Waals surface area contributed by atoms with Gasteiger partial charge in [-0.25, -0.2) is 4.98 Å². The van der Waals surface area contributed by atoms with Crippen molar-refractivity contribution in [3.8, 4) is 0 Å². The van der Waals surface area contributed by atoms with E-state index < -0.39 is 11.9 Å². The molecule has 0 atom stereocenters. The summed E-state index contributed by atoms with van der Waals surface area (Å²) in [6, 6.07) is 7.42. The molecule has 0 aliphatic carbocycles. The molecule has 0 aliphatic rings. The summed E-state index contributed by atoms with van der Waals surface area (Å²) in [4.78, 5) is 39.5. The first-order valence-corrected chi connectivity index (χ1v) is 9.84. The van der Waals surface area contributed by atoms with E-state index in [1.807, 2.05) is 24.3 Å². The van der Waals surface area contributed by atoms with Crippen molar-refractivity contribution in [2.24, 2.45) is 0 Å². The third-order valence-electron chi connectivity index (χ3n) is 3.35. The second kappa shape index (κ2) is 8.47. The zero-order valence-electron chi connectivity index (χ0n) is 14.1. The second-order valence-electron chi connectivity index (χ2n) is 5.41. The monoisotopic (exact) mass is 423 g/mol. The number of hydrogen-bond acceptors (Lipinski definition) is 7. The normalized spacial score (nSPS) is 10.6. The van der Waals surface area contributed by atoms with Crippen LogP contribution in [0.4, 0.5) is 5.13 Å². The van der Waals surface area contributed by atoms with Gasteiger partial charge in [-0.3, -0.25) is 14.4 Å². The number of anilines is 1. The van der Waals surface area contributed by atoms with Crippen molar-refractivity contribution in [1.82, 2.24) is 10.3 Å². The fourth-order valence-electron chi connectivity index (χ4n) is 2.18. The number of amides is 2. The van der Waals surface area contributed by atoms with E-state index in [2.05, 4.69) is 15.6 Å². The van der Waals surface area contributed by atoms with Crippen LogP contribution in [0.2, 0.25) is 5.02 Å². The van der Waals surface area contributed by atoms with Gasteiger partial charge < -0.3 is 15.4 Å². The van der Waals surface area contributed by atoms with Crippen LogP contribution >= 0.6 is 34.3 Å². The van der Waals surface area contributed by atoms with Crippen LogP contribution in [-0.2, 0) is 20.9 Å². The van der Waals surface area contributed by atoms with Crippen LogP contribution in [0, 0.1) is 0 Å². The molecule has 2 amide bonds. The number of benzene rings is 1. The lowest BCUT2D eigenvalue weighted by atomic mass is 10.2. The third-order valence-corrected chi connectivity index (χ3v) is 5.83. The van der Waals surface area contributed by atoms with Gasteiger partial charge in [0.15, 0.2) is 5.13 Å². The summed E-state index contributed by atoms with van der Waals surface area (Å²) in [6.07, 6.45) is 0. The molecule has 10 heteroatoms. The fourth-order valence-corrected chi connectivity index (χ4v) is 4.35. The molecule has 27 heavy (non-hydrogen) atoms. The van der Waals surface area contributed by atoms with Gasteiger partial charge in [-0.15, -0.1) is 22.7 Å². The van der Waals surface area contributed by atoms with E-state index in [-0.39, 0.29) is 19.1 Å².